The first-order chi connectivity index (χ1) is 10.5. The van der Waals surface area contributed by atoms with Gasteiger partial charge in [-0.1, -0.05) is 11.6 Å². The Balaban J connectivity index is 1.72. The van der Waals surface area contributed by atoms with E-state index in [1.807, 2.05) is 4.57 Å². The summed E-state index contributed by atoms with van der Waals surface area (Å²) in [7, 11) is -3.37. The van der Waals surface area contributed by atoms with Gasteiger partial charge in [-0.2, -0.15) is 0 Å². The van der Waals surface area contributed by atoms with E-state index in [2.05, 4.69) is 10.2 Å². The van der Waals surface area contributed by atoms with E-state index in [9.17, 15) is 8.42 Å². The highest BCUT2D eigenvalue weighted by molar-refractivity contribution is 7.92. The molecule has 0 N–H and O–H groups in total. The Morgan fingerprint density at radius 1 is 1.23 bits per heavy atom. The Bertz CT molecular complexity index is 847. The summed E-state index contributed by atoms with van der Waals surface area (Å²) in [5.41, 5.74) is 1.43. The minimum Gasteiger partial charge on any atom is -0.313 e. The third kappa shape index (κ3) is 2.19. The van der Waals surface area contributed by atoms with E-state index in [4.69, 9.17) is 11.6 Å². The highest BCUT2D eigenvalue weighted by Crippen LogP contribution is 2.36. The molecule has 0 saturated carbocycles. The zero-order valence-electron chi connectivity index (χ0n) is 11.9. The molecule has 116 valence electrons. The summed E-state index contributed by atoms with van der Waals surface area (Å²) < 4.78 is 28.4. The van der Waals surface area contributed by atoms with Gasteiger partial charge in [-0.05, 0) is 36.6 Å². The van der Waals surface area contributed by atoms with E-state index in [1.165, 1.54) is 4.31 Å². The third-order valence-corrected chi connectivity index (χ3v) is 6.11. The lowest BCUT2D eigenvalue weighted by Gasteiger charge is -2.20. The Kier molecular flexibility index (Phi) is 3.16. The van der Waals surface area contributed by atoms with Crippen LogP contribution >= 0.6 is 11.6 Å². The van der Waals surface area contributed by atoms with Crippen LogP contribution in [0, 0.1) is 0 Å². The molecule has 6 nitrogen and oxygen atoms in total. The van der Waals surface area contributed by atoms with Crippen molar-refractivity contribution in [3.8, 4) is 0 Å². The molecule has 0 atom stereocenters. The average molecular weight is 339 g/mol. The molecule has 0 unspecified atom stereocenters. The smallest absolute Gasteiger partial charge is 0.239 e. The van der Waals surface area contributed by atoms with Gasteiger partial charge in [-0.15, -0.1) is 10.2 Å². The average Bonchev–Trinajstić information content (AvgIpc) is 2.98. The first-order valence-electron chi connectivity index (χ1n) is 7.24. The molecule has 1 aromatic heterocycles. The number of anilines is 1. The van der Waals surface area contributed by atoms with Crippen molar-refractivity contribution in [1.29, 1.82) is 0 Å². The lowest BCUT2D eigenvalue weighted by atomic mass is 10.1. The van der Waals surface area contributed by atoms with Crippen molar-refractivity contribution in [3.63, 3.8) is 0 Å². The van der Waals surface area contributed by atoms with Gasteiger partial charge in [-0.3, -0.25) is 4.31 Å². The summed E-state index contributed by atoms with van der Waals surface area (Å²) in [4.78, 5) is 0. The monoisotopic (exact) mass is 338 g/mol. The van der Waals surface area contributed by atoms with Gasteiger partial charge in [0.1, 0.15) is 5.82 Å². The van der Waals surface area contributed by atoms with Crippen LogP contribution in [0.3, 0.4) is 0 Å². The summed E-state index contributed by atoms with van der Waals surface area (Å²) in [6.07, 6.45) is 3.10. The van der Waals surface area contributed by atoms with Crippen LogP contribution in [-0.2, 0) is 35.3 Å². The van der Waals surface area contributed by atoms with Crippen LogP contribution in [-0.4, -0.2) is 23.2 Å². The fourth-order valence-corrected chi connectivity index (χ4v) is 4.90. The number of aryl methyl sites for hydroxylation is 1. The maximum absolute atomic E-state index is 12.4. The molecule has 0 spiro atoms. The topological polar surface area (TPSA) is 68.1 Å². The first kappa shape index (κ1) is 14.0. The number of benzene rings is 1. The Hall–Kier alpha value is -1.60. The summed E-state index contributed by atoms with van der Waals surface area (Å²) in [6.45, 7) is 1.09. The molecular weight excluding hydrogens is 324 g/mol. The van der Waals surface area contributed by atoms with Crippen molar-refractivity contribution in [1.82, 2.24) is 14.8 Å². The van der Waals surface area contributed by atoms with E-state index in [0.717, 1.165) is 37.2 Å². The molecule has 2 aliphatic heterocycles. The van der Waals surface area contributed by atoms with Crippen LogP contribution in [0.15, 0.2) is 18.2 Å². The van der Waals surface area contributed by atoms with Crippen molar-refractivity contribution in [3.05, 3.63) is 40.4 Å². The molecule has 2 aliphatic rings. The van der Waals surface area contributed by atoms with Crippen molar-refractivity contribution >= 4 is 27.3 Å². The molecular formula is C14H15ClN4O2S. The van der Waals surface area contributed by atoms with Crippen LogP contribution in [0.4, 0.5) is 5.69 Å². The first-order valence-corrected chi connectivity index (χ1v) is 9.23. The number of nitrogens with zero attached hydrogens (tertiary/aromatic N) is 4. The van der Waals surface area contributed by atoms with Gasteiger partial charge >= 0.3 is 0 Å². The normalized spacial score (nSPS) is 19.0. The lowest BCUT2D eigenvalue weighted by Crippen LogP contribution is -2.28. The fraction of sp³-hybridized carbons (Fsp3) is 0.429. The van der Waals surface area contributed by atoms with Gasteiger partial charge in [-0.25, -0.2) is 8.42 Å². The second-order valence-electron chi connectivity index (χ2n) is 5.68. The zero-order valence-corrected chi connectivity index (χ0v) is 13.4. The van der Waals surface area contributed by atoms with Crippen molar-refractivity contribution in [2.24, 2.45) is 0 Å². The third-order valence-electron chi connectivity index (χ3n) is 4.21. The number of rotatable bonds is 2. The SMILES string of the molecule is O=S1(=O)Cc2cc(Cl)ccc2N1Cc1nnc2n1CCCC2. The van der Waals surface area contributed by atoms with Crippen molar-refractivity contribution in [2.45, 2.75) is 38.1 Å². The van der Waals surface area contributed by atoms with Gasteiger partial charge in [0.05, 0.1) is 18.0 Å². The molecule has 4 rings (SSSR count). The van der Waals surface area contributed by atoms with Gasteiger partial charge < -0.3 is 4.57 Å². The van der Waals surface area contributed by atoms with E-state index in [-0.39, 0.29) is 12.3 Å². The van der Waals surface area contributed by atoms with E-state index < -0.39 is 10.0 Å². The maximum atomic E-state index is 12.4. The fourth-order valence-electron chi connectivity index (χ4n) is 3.13. The number of aromatic nitrogens is 3. The van der Waals surface area contributed by atoms with Crippen molar-refractivity contribution < 1.29 is 8.42 Å². The minimum absolute atomic E-state index is 0.0100. The Morgan fingerprint density at radius 3 is 2.95 bits per heavy atom. The summed E-state index contributed by atoms with van der Waals surface area (Å²) in [5, 5.41) is 8.94. The van der Waals surface area contributed by atoms with Crippen LogP contribution in [0.1, 0.15) is 30.1 Å². The molecule has 0 aliphatic carbocycles. The standard InChI is InChI=1S/C14H15ClN4O2S/c15-11-4-5-12-10(7-11)9-22(20,21)19(12)8-14-17-16-13-3-1-2-6-18(13)14/h4-5,7H,1-3,6,8-9H2. The van der Waals surface area contributed by atoms with Crippen LogP contribution in [0.2, 0.25) is 5.02 Å². The quantitative estimate of drug-likeness (QED) is 0.841. The molecule has 1 aromatic carbocycles. The molecule has 0 bridgehead atoms. The number of hydrogen-bond donors (Lipinski definition) is 0. The second kappa shape index (κ2) is 4.96. The maximum Gasteiger partial charge on any atom is 0.239 e. The minimum atomic E-state index is -3.37. The molecule has 22 heavy (non-hydrogen) atoms. The van der Waals surface area contributed by atoms with Gasteiger partial charge in [0.2, 0.25) is 10.0 Å². The number of hydrogen-bond acceptors (Lipinski definition) is 4. The number of sulfonamides is 1. The molecule has 0 amide bonds. The second-order valence-corrected chi connectivity index (χ2v) is 8.01. The van der Waals surface area contributed by atoms with Crippen LogP contribution < -0.4 is 4.31 Å². The lowest BCUT2D eigenvalue weighted by molar-refractivity contribution is 0.507. The molecule has 2 aromatic rings. The van der Waals surface area contributed by atoms with Gasteiger partial charge in [0, 0.05) is 18.0 Å². The Morgan fingerprint density at radius 2 is 2.09 bits per heavy atom. The van der Waals surface area contributed by atoms with Crippen LogP contribution in [0.5, 0.6) is 0 Å². The largest absolute Gasteiger partial charge is 0.313 e. The van der Waals surface area contributed by atoms with E-state index in [0.29, 0.717) is 16.5 Å². The molecule has 0 radical (unpaired) electrons. The zero-order chi connectivity index (χ0) is 15.3. The van der Waals surface area contributed by atoms with Crippen molar-refractivity contribution in [2.75, 3.05) is 4.31 Å². The van der Waals surface area contributed by atoms with Gasteiger partial charge in [0.15, 0.2) is 5.82 Å². The van der Waals surface area contributed by atoms with E-state index in [1.54, 1.807) is 18.2 Å². The predicted octanol–water partition coefficient (Wildman–Crippen LogP) is 2.12. The van der Waals surface area contributed by atoms with E-state index >= 15 is 0 Å². The predicted molar refractivity (Wildman–Crippen MR) is 83.2 cm³/mol. The van der Waals surface area contributed by atoms with Gasteiger partial charge in [0.25, 0.3) is 0 Å². The summed E-state index contributed by atoms with van der Waals surface area (Å²) in [5.74, 6) is 1.65. The number of halogens is 1. The molecule has 0 saturated heterocycles. The molecule has 3 heterocycles. The molecule has 8 heteroatoms. The summed E-state index contributed by atoms with van der Waals surface area (Å²) >= 11 is 5.96. The highest BCUT2D eigenvalue weighted by Gasteiger charge is 2.34. The van der Waals surface area contributed by atoms with Crippen LogP contribution in [0.25, 0.3) is 0 Å². The number of fused-ring (bicyclic) bond motifs is 2. The summed E-state index contributed by atoms with van der Waals surface area (Å²) in [6, 6.07) is 5.19. The Labute approximate surface area is 133 Å². The molecule has 0 fully saturated rings. The highest BCUT2D eigenvalue weighted by atomic mass is 35.5.